The molecule has 1 aromatic rings. The summed E-state index contributed by atoms with van der Waals surface area (Å²) < 4.78 is 0. The molecular weight excluding hydrogens is 328 g/mol. The van der Waals surface area contributed by atoms with Crippen LogP contribution in [0.15, 0.2) is 30.3 Å². The molecule has 0 spiro atoms. The third kappa shape index (κ3) is 4.48. The van der Waals surface area contributed by atoms with Crippen molar-refractivity contribution in [2.24, 2.45) is 5.92 Å². The molecule has 2 aliphatic heterocycles. The van der Waals surface area contributed by atoms with Crippen LogP contribution < -0.4 is 5.32 Å². The lowest BCUT2D eigenvalue weighted by molar-refractivity contribution is -0.138. The zero-order valence-corrected chi connectivity index (χ0v) is 15.9. The molecule has 3 amide bonds. The van der Waals surface area contributed by atoms with Gasteiger partial charge < -0.3 is 20.0 Å². The number of hydrogen-bond donors (Lipinski definition) is 1. The number of carbonyl (C=O) groups excluding carboxylic acids is 2. The van der Waals surface area contributed by atoms with Gasteiger partial charge in [-0.25, -0.2) is 4.79 Å². The van der Waals surface area contributed by atoms with Crippen molar-refractivity contribution >= 4 is 17.6 Å². The molecule has 26 heavy (non-hydrogen) atoms. The Morgan fingerprint density at radius 3 is 2.35 bits per heavy atom. The Bertz CT molecular complexity index is 611. The molecule has 1 unspecified atom stereocenters. The topological polar surface area (TPSA) is 55.9 Å². The minimum Gasteiger partial charge on any atom is -0.381 e. The zero-order valence-electron chi connectivity index (χ0n) is 15.9. The van der Waals surface area contributed by atoms with E-state index in [-0.39, 0.29) is 17.9 Å². The van der Waals surface area contributed by atoms with Crippen molar-refractivity contribution in [3.8, 4) is 0 Å². The average molecular weight is 358 g/mol. The van der Waals surface area contributed by atoms with Gasteiger partial charge in [0, 0.05) is 57.9 Å². The van der Waals surface area contributed by atoms with Crippen LogP contribution in [0.2, 0.25) is 0 Å². The summed E-state index contributed by atoms with van der Waals surface area (Å²) in [4.78, 5) is 30.5. The molecule has 0 bridgehead atoms. The number of piperidine rings is 2. The molecule has 2 fully saturated rings. The van der Waals surface area contributed by atoms with Crippen molar-refractivity contribution in [1.29, 1.82) is 0 Å². The second-order valence-corrected chi connectivity index (χ2v) is 7.57. The highest BCUT2D eigenvalue weighted by atomic mass is 16.2. The third-order valence-corrected chi connectivity index (χ3v) is 5.37. The molecule has 6 nitrogen and oxygen atoms in total. The van der Waals surface area contributed by atoms with Crippen molar-refractivity contribution in [3.63, 3.8) is 0 Å². The molecule has 1 N–H and O–H groups in total. The van der Waals surface area contributed by atoms with E-state index in [9.17, 15) is 9.59 Å². The van der Waals surface area contributed by atoms with Crippen LogP contribution in [0.3, 0.4) is 0 Å². The van der Waals surface area contributed by atoms with Crippen LogP contribution in [-0.2, 0) is 4.79 Å². The maximum Gasteiger partial charge on any atom is 0.319 e. The summed E-state index contributed by atoms with van der Waals surface area (Å²) >= 11 is 0. The van der Waals surface area contributed by atoms with Gasteiger partial charge in [0.1, 0.15) is 0 Å². The molecule has 6 heteroatoms. The molecule has 0 aliphatic carbocycles. The van der Waals surface area contributed by atoms with Crippen LogP contribution in [0.25, 0.3) is 0 Å². The van der Waals surface area contributed by atoms with Gasteiger partial charge in [0.2, 0.25) is 5.91 Å². The number of hydrogen-bond acceptors (Lipinski definition) is 3. The fraction of sp³-hybridized carbons (Fsp3) is 0.600. The molecule has 2 saturated heterocycles. The molecule has 142 valence electrons. The fourth-order valence-electron chi connectivity index (χ4n) is 3.92. The lowest BCUT2D eigenvalue weighted by Crippen LogP contribution is -2.50. The Labute approximate surface area is 156 Å². The van der Waals surface area contributed by atoms with Gasteiger partial charge in [0.25, 0.3) is 0 Å². The van der Waals surface area contributed by atoms with Crippen LogP contribution in [0.5, 0.6) is 0 Å². The van der Waals surface area contributed by atoms with E-state index in [1.807, 2.05) is 28.0 Å². The Balaban J connectivity index is 1.51. The third-order valence-electron chi connectivity index (χ3n) is 5.37. The highest BCUT2D eigenvalue weighted by Gasteiger charge is 2.32. The number of nitrogens with one attached hydrogen (secondary N) is 1. The van der Waals surface area contributed by atoms with E-state index < -0.39 is 0 Å². The first-order valence-corrected chi connectivity index (χ1v) is 9.61. The number of carbonyl (C=O) groups is 2. The number of para-hydroxylation sites is 1. The number of rotatable bonds is 3. The van der Waals surface area contributed by atoms with E-state index in [4.69, 9.17) is 0 Å². The van der Waals surface area contributed by atoms with E-state index in [2.05, 4.69) is 17.4 Å². The number of urea groups is 1. The quantitative estimate of drug-likeness (QED) is 0.903. The van der Waals surface area contributed by atoms with Crippen molar-refractivity contribution in [3.05, 3.63) is 30.3 Å². The second-order valence-electron chi connectivity index (χ2n) is 7.57. The first-order chi connectivity index (χ1) is 12.5. The van der Waals surface area contributed by atoms with Crippen LogP contribution in [0.4, 0.5) is 10.5 Å². The number of anilines is 1. The molecule has 1 aromatic carbocycles. The predicted molar refractivity (Wildman–Crippen MR) is 103 cm³/mol. The maximum absolute atomic E-state index is 12.9. The first-order valence-electron chi connectivity index (χ1n) is 9.61. The smallest absolute Gasteiger partial charge is 0.319 e. The van der Waals surface area contributed by atoms with Crippen LogP contribution >= 0.6 is 0 Å². The Kier molecular flexibility index (Phi) is 6.01. The van der Waals surface area contributed by atoms with Crippen molar-refractivity contribution < 1.29 is 9.59 Å². The lowest BCUT2D eigenvalue weighted by Gasteiger charge is -2.38. The standard InChI is InChI=1S/C20H30N4O2/c1-22(2)20(26)23-13-10-16(11-14-23)19(25)24-12-6-9-18(15-24)21-17-7-4-3-5-8-17/h3-5,7-8,16,18,21H,6,9-15H2,1-2H3. The number of likely N-dealkylation sites (tertiary alicyclic amines) is 2. The maximum atomic E-state index is 12.9. The Hall–Kier alpha value is -2.24. The highest BCUT2D eigenvalue weighted by Crippen LogP contribution is 2.23. The molecule has 0 aromatic heterocycles. The molecule has 0 radical (unpaired) electrons. The average Bonchev–Trinajstić information content (AvgIpc) is 2.68. The van der Waals surface area contributed by atoms with Gasteiger partial charge >= 0.3 is 6.03 Å². The van der Waals surface area contributed by atoms with Crippen LogP contribution in [0, 0.1) is 5.92 Å². The molecule has 3 rings (SSSR count). The molecule has 0 saturated carbocycles. The Morgan fingerprint density at radius 1 is 1.00 bits per heavy atom. The van der Waals surface area contributed by atoms with E-state index in [1.165, 1.54) is 0 Å². The lowest BCUT2D eigenvalue weighted by atomic mass is 9.94. The molecular formula is C20H30N4O2. The molecule has 2 heterocycles. The van der Waals surface area contributed by atoms with E-state index in [0.717, 1.165) is 44.5 Å². The van der Waals surface area contributed by atoms with Gasteiger partial charge in [0.15, 0.2) is 0 Å². The summed E-state index contributed by atoms with van der Waals surface area (Å²) in [6, 6.07) is 10.5. The van der Waals surface area contributed by atoms with Crippen molar-refractivity contribution in [1.82, 2.24) is 14.7 Å². The summed E-state index contributed by atoms with van der Waals surface area (Å²) in [6.45, 7) is 2.97. The van der Waals surface area contributed by atoms with Gasteiger partial charge in [-0.05, 0) is 37.8 Å². The van der Waals surface area contributed by atoms with Gasteiger partial charge in [-0.3, -0.25) is 4.79 Å². The number of amides is 3. The van der Waals surface area contributed by atoms with Crippen LogP contribution in [-0.4, -0.2) is 73.0 Å². The summed E-state index contributed by atoms with van der Waals surface area (Å²) in [5, 5.41) is 3.55. The van der Waals surface area contributed by atoms with Crippen molar-refractivity contribution in [2.75, 3.05) is 45.6 Å². The minimum atomic E-state index is 0.0426. The van der Waals surface area contributed by atoms with Gasteiger partial charge in [-0.15, -0.1) is 0 Å². The predicted octanol–water partition coefficient (Wildman–Crippen LogP) is 2.48. The van der Waals surface area contributed by atoms with E-state index in [0.29, 0.717) is 19.1 Å². The van der Waals surface area contributed by atoms with Crippen molar-refractivity contribution in [2.45, 2.75) is 31.7 Å². The summed E-state index contributed by atoms with van der Waals surface area (Å²) in [7, 11) is 3.54. The molecule has 2 aliphatic rings. The van der Waals surface area contributed by atoms with Gasteiger partial charge in [0.05, 0.1) is 0 Å². The normalized spacial score (nSPS) is 21.4. The largest absolute Gasteiger partial charge is 0.381 e. The minimum absolute atomic E-state index is 0.0426. The molecule has 1 atom stereocenters. The fourth-order valence-corrected chi connectivity index (χ4v) is 3.92. The summed E-state index contributed by atoms with van der Waals surface area (Å²) in [6.07, 6.45) is 3.67. The zero-order chi connectivity index (χ0) is 18.5. The van der Waals surface area contributed by atoms with Gasteiger partial charge in [-0.2, -0.15) is 0 Å². The second kappa shape index (κ2) is 8.43. The summed E-state index contributed by atoms with van der Waals surface area (Å²) in [5.41, 5.74) is 1.11. The number of nitrogens with zero attached hydrogens (tertiary/aromatic N) is 3. The monoisotopic (exact) mass is 358 g/mol. The van der Waals surface area contributed by atoms with E-state index >= 15 is 0 Å². The van der Waals surface area contributed by atoms with E-state index in [1.54, 1.807) is 19.0 Å². The van der Waals surface area contributed by atoms with Gasteiger partial charge in [-0.1, -0.05) is 18.2 Å². The first kappa shape index (κ1) is 18.5. The highest BCUT2D eigenvalue weighted by molar-refractivity contribution is 5.80. The number of benzene rings is 1. The Morgan fingerprint density at radius 2 is 1.69 bits per heavy atom. The SMILES string of the molecule is CN(C)C(=O)N1CCC(C(=O)N2CCCC(Nc3ccccc3)C2)CC1. The summed E-state index contributed by atoms with van der Waals surface area (Å²) in [5.74, 6) is 0.318. The van der Waals surface area contributed by atoms with Crippen LogP contribution in [0.1, 0.15) is 25.7 Å².